The van der Waals surface area contributed by atoms with Crippen LogP contribution in [0.5, 0.6) is 5.88 Å². The number of alkyl halides is 3. The van der Waals surface area contributed by atoms with E-state index in [0.29, 0.717) is 0 Å². The number of carboxylic acid groups (broad SMARTS) is 1. The van der Waals surface area contributed by atoms with E-state index < -0.39 is 17.3 Å². The van der Waals surface area contributed by atoms with E-state index in [1.807, 2.05) is 0 Å². The highest BCUT2D eigenvalue weighted by Gasteiger charge is 2.29. The van der Waals surface area contributed by atoms with Crippen LogP contribution < -0.4 is 21.1 Å². The zero-order valence-corrected chi connectivity index (χ0v) is 22.9. The standard InChI is InChI=1S/C20H16F3N5O3S.C6H12.CH2O2/c1-31-19-15(16(24)25-10-26-19)18(30)28-14-8-3-2-7-13(14)17(29)27-11-5-4-6-12(9-11)32-20(21,22)23;1-2-4-6-5-3-1;2-1-3/h2-10H,1H3,(H,27,29)(H,28,30)(H2,24,25,26);1-6H2;1H,(H,2,3). The monoisotopic (exact) mass is 593 g/mol. The van der Waals surface area contributed by atoms with E-state index in [1.165, 1.54) is 82.0 Å². The molecule has 5 N–H and O–H groups in total. The van der Waals surface area contributed by atoms with E-state index >= 15 is 0 Å². The van der Waals surface area contributed by atoms with E-state index in [4.69, 9.17) is 20.4 Å². The number of rotatable bonds is 6. The molecule has 0 aliphatic heterocycles. The number of para-hydroxylation sites is 1. The highest BCUT2D eigenvalue weighted by Crippen LogP contribution is 2.37. The van der Waals surface area contributed by atoms with Gasteiger partial charge in [-0.05, 0) is 42.1 Å². The average Bonchev–Trinajstić information content (AvgIpc) is 2.94. The van der Waals surface area contributed by atoms with Gasteiger partial charge in [0.25, 0.3) is 18.3 Å². The number of nitrogens with two attached hydrogens (primary N) is 1. The number of nitrogen functional groups attached to an aromatic ring is 1. The number of aromatic nitrogens is 2. The number of carbonyl (C=O) groups is 3. The van der Waals surface area contributed by atoms with Gasteiger partial charge in [0, 0.05) is 10.6 Å². The molecule has 0 bridgehead atoms. The Morgan fingerprint density at radius 1 is 0.976 bits per heavy atom. The third-order valence-electron chi connectivity index (χ3n) is 5.51. The predicted octanol–water partition coefficient (Wildman–Crippen LogP) is 6.23. The van der Waals surface area contributed by atoms with Crippen molar-refractivity contribution in [2.45, 2.75) is 48.9 Å². The fourth-order valence-corrected chi connectivity index (χ4v) is 4.36. The van der Waals surface area contributed by atoms with E-state index in [-0.39, 0.29) is 57.3 Å². The summed E-state index contributed by atoms with van der Waals surface area (Å²) in [6.45, 7) is -0.250. The molecule has 0 radical (unpaired) electrons. The molecule has 1 aliphatic rings. The molecule has 1 fully saturated rings. The number of nitrogens with one attached hydrogen (secondary N) is 2. The van der Waals surface area contributed by atoms with Crippen LogP contribution in [0, 0.1) is 0 Å². The number of anilines is 3. The number of ether oxygens (including phenoxy) is 1. The lowest BCUT2D eigenvalue weighted by atomic mass is 10.0. The van der Waals surface area contributed by atoms with Crippen molar-refractivity contribution < 1.29 is 37.4 Å². The topological polar surface area (TPSA) is 157 Å². The first-order valence-electron chi connectivity index (χ1n) is 12.4. The largest absolute Gasteiger partial charge is 0.483 e. The molecule has 0 atom stereocenters. The van der Waals surface area contributed by atoms with Crippen molar-refractivity contribution in [3.8, 4) is 5.88 Å². The fraction of sp³-hybridized carbons (Fsp3) is 0.296. The Kier molecular flexibility index (Phi) is 13.4. The molecule has 1 saturated carbocycles. The molecule has 1 aromatic heterocycles. The molecule has 0 spiro atoms. The van der Waals surface area contributed by atoms with Crippen LogP contribution >= 0.6 is 11.8 Å². The molecule has 3 aromatic rings. The average molecular weight is 594 g/mol. The summed E-state index contributed by atoms with van der Waals surface area (Å²) in [5.74, 6) is -1.51. The number of hydrogen-bond acceptors (Lipinski definition) is 8. The van der Waals surface area contributed by atoms with Crippen molar-refractivity contribution in [3.63, 3.8) is 0 Å². The molecule has 2 aromatic carbocycles. The number of hydrogen-bond donors (Lipinski definition) is 4. The second-order valence-electron chi connectivity index (χ2n) is 8.40. The highest BCUT2D eigenvalue weighted by atomic mass is 32.2. The maximum absolute atomic E-state index is 12.8. The summed E-state index contributed by atoms with van der Waals surface area (Å²) >= 11 is -0.292. The van der Waals surface area contributed by atoms with Gasteiger partial charge in [0.15, 0.2) is 0 Å². The Morgan fingerprint density at radius 3 is 2.17 bits per heavy atom. The molecular formula is C27H30F3N5O5S. The Labute approximate surface area is 238 Å². The summed E-state index contributed by atoms with van der Waals surface area (Å²) in [5, 5.41) is 12.0. The first-order chi connectivity index (χ1) is 19.6. The zero-order valence-electron chi connectivity index (χ0n) is 22.1. The third-order valence-corrected chi connectivity index (χ3v) is 6.23. The lowest BCUT2D eigenvalue weighted by Gasteiger charge is -2.13. The number of benzene rings is 2. The lowest BCUT2D eigenvalue weighted by molar-refractivity contribution is -0.122. The molecule has 220 valence electrons. The van der Waals surface area contributed by atoms with Crippen LogP contribution in [0.25, 0.3) is 0 Å². The smallest absolute Gasteiger partial charge is 0.446 e. The normalized spacial score (nSPS) is 12.4. The van der Waals surface area contributed by atoms with Gasteiger partial charge in [0.05, 0.1) is 18.4 Å². The predicted molar refractivity (Wildman–Crippen MR) is 150 cm³/mol. The van der Waals surface area contributed by atoms with E-state index in [1.54, 1.807) is 12.1 Å². The third kappa shape index (κ3) is 11.4. The molecule has 1 heterocycles. The number of carbonyl (C=O) groups excluding carboxylic acids is 2. The molecule has 2 amide bonds. The number of thioether (sulfide) groups is 1. The maximum atomic E-state index is 12.8. The van der Waals surface area contributed by atoms with Crippen LogP contribution in [0.3, 0.4) is 0 Å². The second kappa shape index (κ2) is 16.7. The number of methoxy groups -OCH3 is 1. The molecule has 0 unspecified atom stereocenters. The Bertz CT molecular complexity index is 1290. The molecule has 4 rings (SSSR count). The summed E-state index contributed by atoms with van der Waals surface area (Å²) in [6.07, 6.45) is 10.1. The van der Waals surface area contributed by atoms with Crippen LogP contribution in [0.1, 0.15) is 59.2 Å². The minimum absolute atomic E-state index is 0.0455. The number of halogens is 3. The van der Waals surface area contributed by atoms with Gasteiger partial charge >= 0.3 is 5.51 Å². The summed E-state index contributed by atoms with van der Waals surface area (Å²) in [4.78, 5) is 41.4. The van der Waals surface area contributed by atoms with Gasteiger partial charge in [0.2, 0.25) is 5.88 Å². The van der Waals surface area contributed by atoms with Crippen molar-refractivity contribution >= 4 is 47.2 Å². The Hall–Kier alpha value is -4.33. The first kappa shape index (κ1) is 32.9. The van der Waals surface area contributed by atoms with Gasteiger partial charge in [0.1, 0.15) is 17.7 Å². The first-order valence-corrected chi connectivity index (χ1v) is 13.2. The van der Waals surface area contributed by atoms with Crippen molar-refractivity contribution in [1.82, 2.24) is 9.97 Å². The highest BCUT2D eigenvalue weighted by molar-refractivity contribution is 8.00. The summed E-state index contributed by atoms with van der Waals surface area (Å²) in [7, 11) is 1.31. The van der Waals surface area contributed by atoms with E-state index in [9.17, 15) is 22.8 Å². The number of nitrogens with zero attached hydrogens (tertiary/aromatic N) is 2. The van der Waals surface area contributed by atoms with E-state index in [2.05, 4.69) is 20.6 Å². The Morgan fingerprint density at radius 2 is 1.59 bits per heavy atom. The van der Waals surface area contributed by atoms with Crippen molar-refractivity contribution in [1.29, 1.82) is 0 Å². The van der Waals surface area contributed by atoms with Gasteiger partial charge < -0.3 is 26.2 Å². The fourth-order valence-electron chi connectivity index (χ4n) is 3.76. The minimum Gasteiger partial charge on any atom is -0.483 e. The number of amides is 2. The van der Waals surface area contributed by atoms with Gasteiger partial charge in [-0.1, -0.05) is 56.7 Å². The zero-order chi connectivity index (χ0) is 30.3. The van der Waals surface area contributed by atoms with E-state index in [0.717, 1.165) is 6.33 Å². The van der Waals surface area contributed by atoms with Crippen molar-refractivity contribution in [2.24, 2.45) is 0 Å². The summed E-state index contributed by atoms with van der Waals surface area (Å²) in [6, 6.07) is 11.4. The Balaban J connectivity index is 0.000000560. The van der Waals surface area contributed by atoms with Crippen LogP contribution in [-0.4, -0.2) is 46.0 Å². The minimum atomic E-state index is -4.45. The van der Waals surface area contributed by atoms with Gasteiger partial charge in [-0.15, -0.1) is 0 Å². The SMILES string of the molecule is C1CCCCC1.COc1ncnc(N)c1C(=O)Nc1ccccc1C(=O)Nc1cccc(SC(F)(F)F)c1.O=CO. The summed E-state index contributed by atoms with van der Waals surface area (Å²) in [5.41, 5.74) is 1.57. The van der Waals surface area contributed by atoms with Gasteiger partial charge in [-0.25, -0.2) is 9.97 Å². The molecule has 14 heteroatoms. The van der Waals surface area contributed by atoms with Crippen molar-refractivity contribution in [3.05, 3.63) is 66.0 Å². The van der Waals surface area contributed by atoms with Crippen LogP contribution in [0.2, 0.25) is 0 Å². The quantitative estimate of drug-likeness (QED) is 0.192. The van der Waals surface area contributed by atoms with Crippen LogP contribution in [-0.2, 0) is 4.79 Å². The second-order valence-corrected chi connectivity index (χ2v) is 9.54. The summed E-state index contributed by atoms with van der Waals surface area (Å²) < 4.78 is 42.9. The molecule has 1 aliphatic carbocycles. The lowest BCUT2D eigenvalue weighted by Crippen LogP contribution is -2.20. The molecule has 0 saturated heterocycles. The van der Waals surface area contributed by atoms with Crippen LogP contribution in [0.15, 0.2) is 59.8 Å². The molecule has 41 heavy (non-hydrogen) atoms. The molecular weight excluding hydrogens is 563 g/mol. The van der Waals surface area contributed by atoms with Crippen LogP contribution in [0.4, 0.5) is 30.4 Å². The van der Waals surface area contributed by atoms with Gasteiger partial charge in [-0.3, -0.25) is 14.4 Å². The molecule has 10 nitrogen and oxygen atoms in total. The maximum Gasteiger partial charge on any atom is 0.446 e. The van der Waals surface area contributed by atoms with Gasteiger partial charge in [-0.2, -0.15) is 13.2 Å². The van der Waals surface area contributed by atoms with Crippen molar-refractivity contribution in [2.75, 3.05) is 23.5 Å².